The summed E-state index contributed by atoms with van der Waals surface area (Å²) in [6.07, 6.45) is 2.38. The number of ether oxygens (including phenoxy) is 2. The van der Waals surface area contributed by atoms with Gasteiger partial charge in [-0.3, -0.25) is 9.59 Å². The molecule has 0 saturated carbocycles. The Labute approximate surface area is 167 Å². The van der Waals surface area contributed by atoms with Crippen LogP contribution in [0.5, 0.6) is 11.5 Å². The zero-order chi connectivity index (χ0) is 20.1. The molecule has 7 nitrogen and oxygen atoms in total. The standard InChI is InChI=1S/C22H20N2O5/c25-21(10-8-15-7-9-19-20(12-15)29-14-28-19)24-18-6-2-1-5-17(18)22(26)23-13-16-4-3-11-27-16/h1-7,9,11-12H,8,10,13-14H2,(H,23,26)(H,24,25). The topological polar surface area (TPSA) is 89.8 Å². The number of anilines is 1. The molecular formula is C22H20N2O5. The van der Waals surface area contributed by atoms with Gasteiger partial charge in [-0.1, -0.05) is 18.2 Å². The van der Waals surface area contributed by atoms with Crippen molar-refractivity contribution in [1.29, 1.82) is 0 Å². The quantitative estimate of drug-likeness (QED) is 0.642. The Hall–Kier alpha value is -3.74. The highest BCUT2D eigenvalue weighted by Gasteiger charge is 2.15. The van der Waals surface area contributed by atoms with Crippen LogP contribution in [-0.4, -0.2) is 18.6 Å². The van der Waals surface area contributed by atoms with Gasteiger partial charge in [0.1, 0.15) is 5.76 Å². The second-order valence-corrected chi connectivity index (χ2v) is 6.54. The minimum atomic E-state index is -0.284. The van der Waals surface area contributed by atoms with E-state index in [9.17, 15) is 9.59 Å². The molecule has 0 aliphatic carbocycles. The zero-order valence-corrected chi connectivity index (χ0v) is 15.6. The Morgan fingerprint density at radius 2 is 1.83 bits per heavy atom. The van der Waals surface area contributed by atoms with Crippen LogP contribution in [0, 0.1) is 0 Å². The van der Waals surface area contributed by atoms with Gasteiger partial charge < -0.3 is 24.5 Å². The molecule has 1 aromatic heterocycles. The van der Waals surface area contributed by atoms with Crippen molar-refractivity contribution in [1.82, 2.24) is 5.32 Å². The number of amides is 2. The third-order valence-electron chi connectivity index (χ3n) is 4.53. The van der Waals surface area contributed by atoms with Crippen molar-refractivity contribution in [3.63, 3.8) is 0 Å². The molecule has 7 heteroatoms. The molecule has 0 bridgehead atoms. The number of hydrogen-bond donors (Lipinski definition) is 2. The lowest BCUT2D eigenvalue weighted by Crippen LogP contribution is -2.24. The fraction of sp³-hybridized carbons (Fsp3) is 0.182. The molecule has 0 radical (unpaired) electrons. The van der Waals surface area contributed by atoms with Gasteiger partial charge >= 0.3 is 0 Å². The Morgan fingerprint density at radius 1 is 0.966 bits per heavy atom. The molecule has 2 aromatic carbocycles. The number of hydrogen-bond acceptors (Lipinski definition) is 5. The van der Waals surface area contributed by atoms with E-state index in [1.54, 1.807) is 42.7 Å². The summed E-state index contributed by atoms with van der Waals surface area (Å²) in [6.45, 7) is 0.496. The maximum atomic E-state index is 12.5. The van der Waals surface area contributed by atoms with Crippen LogP contribution in [0.25, 0.3) is 0 Å². The van der Waals surface area contributed by atoms with Gasteiger partial charge in [-0.15, -0.1) is 0 Å². The van der Waals surface area contributed by atoms with Crippen molar-refractivity contribution in [2.45, 2.75) is 19.4 Å². The smallest absolute Gasteiger partial charge is 0.253 e. The fourth-order valence-electron chi connectivity index (χ4n) is 3.03. The highest BCUT2D eigenvalue weighted by atomic mass is 16.7. The molecule has 29 heavy (non-hydrogen) atoms. The van der Waals surface area contributed by atoms with E-state index >= 15 is 0 Å². The molecule has 0 saturated heterocycles. The van der Waals surface area contributed by atoms with Crippen molar-refractivity contribution < 1.29 is 23.5 Å². The van der Waals surface area contributed by atoms with Gasteiger partial charge in [0.15, 0.2) is 11.5 Å². The molecule has 2 amide bonds. The molecule has 0 atom stereocenters. The van der Waals surface area contributed by atoms with Crippen LogP contribution in [0.3, 0.4) is 0 Å². The lowest BCUT2D eigenvalue weighted by Gasteiger charge is -2.11. The van der Waals surface area contributed by atoms with Crippen LogP contribution in [-0.2, 0) is 17.8 Å². The van der Waals surface area contributed by atoms with Crippen molar-refractivity contribution in [3.05, 3.63) is 77.7 Å². The second-order valence-electron chi connectivity index (χ2n) is 6.54. The zero-order valence-electron chi connectivity index (χ0n) is 15.6. The number of aryl methyl sites for hydroxylation is 1. The minimum absolute atomic E-state index is 0.172. The van der Waals surface area contributed by atoms with Gasteiger partial charge in [-0.2, -0.15) is 0 Å². The highest BCUT2D eigenvalue weighted by molar-refractivity contribution is 6.03. The van der Waals surface area contributed by atoms with Gasteiger partial charge in [0, 0.05) is 6.42 Å². The summed E-state index contributed by atoms with van der Waals surface area (Å²) in [4.78, 5) is 24.9. The molecular weight excluding hydrogens is 372 g/mol. The van der Waals surface area contributed by atoms with E-state index in [1.807, 2.05) is 18.2 Å². The first-order chi connectivity index (χ1) is 14.2. The molecule has 0 fully saturated rings. The largest absolute Gasteiger partial charge is 0.467 e. The molecule has 0 spiro atoms. The molecule has 1 aliphatic rings. The number of carbonyl (C=O) groups is 2. The number of fused-ring (bicyclic) bond motifs is 1. The number of para-hydroxylation sites is 1. The van der Waals surface area contributed by atoms with Crippen LogP contribution in [0.4, 0.5) is 5.69 Å². The molecule has 4 rings (SSSR count). The van der Waals surface area contributed by atoms with E-state index in [-0.39, 0.29) is 31.6 Å². The Balaban J connectivity index is 1.35. The third kappa shape index (κ3) is 4.57. The summed E-state index contributed by atoms with van der Waals surface area (Å²) in [7, 11) is 0. The summed E-state index contributed by atoms with van der Waals surface area (Å²) in [5, 5.41) is 5.62. The van der Waals surface area contributed by atoms with Gasteiger partial charge in [0.05, 0.1) is 24.1 Å². The number of rotatable bonds is 7. The van der Waals surface area contributed by atoms with Crippen LogP contribution in [0.1, 0.15) is 28.1 Å². The third-order valence-corrected chi connectivity index (χ3v) is 4.53. The van der Waals surface area contributed by atoms with Crippen LogP contribution >= 0.6 is 0 Å². The molecule has 148 valence electrons. The maximum Gasteiger partial charge on any atom is 0.253 e. The summed E-state index contributed by atoms with van der Waals surface area (Å²) >= 11 is 0. The predicted molar refractivity (Wildman–Crippen MR) is 106 cm³/mol. The van der Waals surface area contributed by atoms with Crippen molar-refractivity contribution >= 4 is 17.5 Å². The van der Waals surface area contributed by atoms with Gasteiger partial charge in [-0.25, -0.2) is 0 Å². The number of nitrogens with one attached hydrogen (secondary N) is 2. The minimum Gasteiger partial charge on any atom is -0.467 e. The average Bonchev–Trinajstić information content (AvgIpc) is 3.42. The number of furan rings is 1. The summed E-state index contributed by atoms with van der Waals surface area (Å²) in [5.41, 5.74) is 1.85. The monoisotopic (exact) mass is 392 g/mol. The molecule has 1 aliphatic heterocycles. The average molecular weight is 392 g/mol. The van der Waals surface area contributed by atoms with Crippen molar-refractivity contribution in [3.8, 4) is 11.5 Å². The molecule has 0 unspecified atom stereocenters. The lowest BCUT2D eigenvalue weighted by atomic mass is 10.1. The van der Waals surface area contributed by atoms with Gasteiger partial charge in [-0.05, 0) is 48.4 Å². The van der Waals surface area contributed by atoms with Crippen molar-refractivity contribution in [2.24, 2.45) is 0 Å². The van der Waals surface area contributed by atoms with E-state index in [2.05, 4.69) is 10.6 Å². The van der Waals surface area contributed by atoms with E-state index in [0.29, 0.717) is 34.9 Å². The number of benzene rings is 2. The molecule has 2 heterocycles. The normalized spacial score (nSPS) is 11.9. The van der Waals surface area contributed by atoms with E-state index in [4.69, 9.17) is 13.9 Å². The first-order valence-corrected chi connectivity index (χ1v) is 9.27. The summed E-state index contributed by atoms with van der Waals surface area (Å²) < 4.78 is 15.9. The Morgan fingerprint density at radius 3 is 2.69 bits per heavy atom. The predicted octanol–water partition coefficient (Wildman–Crippen LogP) is 3.51. The van der Waals surface area contributed by atoms with Gasteiger partial charge in [0.25, 0.3) is 5.91 Å². The van der Waals surface area contributed by atoms with E-state index < -0.39 is 0 Å². The SMILES string of the molecule is O=C(CCc1ccc2c(c1)OCO2)Nc1ccccc1C(=O)NCc1ccco1. The summed E-state index contributed by atoms with van der Waals surface area (Å²) in [5.74, 6) is 1.61. The van der Waals surface area contributed by atoms with E-state index in [0.717, 1.165) is 5.56 Å². The first kappa shape index (κ1) is 18.6. The molecule has 2 N–H and O–H groups in total. The van der Waals surface area contributed by atoms with E-state index in [1.165, 1.54) is 0 Å². The fourth-order valence-corrected chi connectivity index (χ4v) is 3.03. The highest BCUT2D eigenvalue weighted by Crippen LogP contribution is 2.32. The molecule has 3 aromatic rings. The maximum absolute atomic E-state index is 12.5. The van der Waals surface area contributed by atoms with Crippen LogP contribution < -0.4 is 20.1 Å². The first-order valence-electron chi connectivity index (χ1n) is 9.27. The van der Waals surface area contributed by atoms with Gasteiger partial charge in [0.2, 0.25) is 12.7 Å². The Kier molecular flexibility index (Phi) is 5.47. The van der Waals surface area contributed by atoms with Crippen molar-refractivity contribution in [2.75, 3.05) is 12.1 Å². The van der Waals surface area contributed by atoms with Crippen LogP contribution in [0.2, 0.25) is 0 Å². The second kappa shape index (κ2) is 8.52. The lowest BCUT2D eigenvalue weighted by molar-refractivity contribution is -0.116. The summed E-state index contributed by atoms with van der Waals surface area (Å²) in [6, 6.07) is 16.1. The number of carbonyl (C=O) groups excluding carboxylic acids is 2. The Bertz CT molecular complexity index is 1010. The van der Waals surface area contributed by atoms with Crippen LogP contribution in [0.15, 0.2) is 65.3 Å².